The van der Waals surface area contributed by atoms with E-state index in [-0.39, 0.29) is 13.2 Å². The summed E-state index contributed by atoms with van der Waals surface area (Å²) in [7, 11) is 0. The number of esters is 1. The second-order valence-corrected chi connectivity index (χ2v) is 11.0. The lowest BCUT2D eigenvalue weighted by Crippen LogP contribution is -2.45. The Hall–Kier alpha value is -4.17. The van der Waals surface area contributed by atoms with Crippen molar-refractivity contribution in [1.29, 1.82) is 0 Å². The molecular formula is C32H33IN4O6S. The molecule has 10 nitrogen and oxygen atoms in total. The third-order valence-electron chi connectivity index (χ3n) is 6.31. The molecule has 0 saturated heterocycles. The first-order chi connectivity index (χ1) is 21.3. The topological polar surface area (TPSA) is 120 Å². The second-order valence-electron chi connectivity index (χ2n) is 9.45. The number of nitrogens with zero attached hydrogens (tertiary/aromatic N) is 1. The molecule has 0 radical (unpaired) electrons. The van der Waals surface area contributed by atoms with Gasteiger partial charge in [-0.3, -0.25) is 4.79 Å². The van der Waals surface area contributed by atoms with Gasteiger partial charge >= 0.3 is 5.97 Å². The highest BCUT2D eigenvalue weighted by molar-refractivity contribution is 14.1. The van der Waals surface area contributed by atoms with Crippen LogP contribution in [0.3, 0.4) is 0 Å². The molecule has 0 unspecified atom stereocenters. The van der Waals surface area contributed by atoms with Crippen molar-refractivity contribution in [2.75, 3.05) is 19.8 Å². The van der Waals surface area contributed by atoms with Crippen LogP contribution >= 0.6 is 34.8 Å². The zero-order chi connectivity index (χ0) is 31.5. The number of carbonyl (C=O) groups excluding carboxylic acids is 2. The molecule has 44 heavy (non-hydrogen) atoms. The Morgan fingerprint density at radius 3 is 2.50 bits per heavy atom. The van der Waals surface area contributed by atoms with Gasteiger partial charge < -0.3 is 29.6 Å². The number of amides is 1. The SMILES string of the molecule is CCOC(=O)C1=C(C)NC(=S)N[C@@H]1c1ccccc1OCC(=O)NN=Cc1cc(I)c(OCc2ccccc2)c(OCC)c1. The molecule has 3 N–H and O–H groups in total. The molecule has 3 aromatic carbocycles. The maximum atomic E-state index is 12.8. The van der Waals surface area contributed by atoms with Crippen LogP contribution in [0, 0.1) is 3.57 Å². The minimum Gasteiger partial charge on any atom is -0.490 e. The molecule has 1 atom stereocenters. The van der Waals surface area contributed by atoms with Crippen molar-refractivity contribution in [1.82, 2.24) is 16.1 Å². The lowest BCUT2D eigenvalue weighted by Gasteiger charge is -2.30. The van der Waals surface area contributed by atoms with Crippen molar-refractivity contribution in [3.63, 3.8) is 0 Å². The number of thiocarbonyl (C=S) groups is 1. The number of halogens is 1. The first-order valence-corrected chi connectivity index (χ1v) is 15.4. The zero-order valence-corrected chi connectivity index (χ0v) is 27.5. The van der Waals surface area contributed by atoms with Crippen molar-refractivity contribution in [3.05, 3.63) is 98.3 Å². The number of hydrogen-bond donors (Lipinski definition) is 3. The van der Waals surface area contributed by atoms with Crippen molar-refractivity contribution < 1.29 is 28.5 Å². The van der Waals surface area contributed by atoms with E-state index < -0.39 is 17.9 Å². The van der Waals surface area contributed by atoms with E-state index in [0.29, 0.717) is 52.4 Å². The molecule has 1 aliphatic rings. The van der Waals surface area contributed by atoms with Crippen molar-refractivity contribution in [2.45, 2.75) is 33.4 Å². The highest BCUT2D eigenvalue weighted by Gasteiger charge is 2.32. The van der Waals surface area contributed by atoms with Crippen LogP contribution in [0.25, 0.3) is 0 Å². The third kappa shape index (κ3) is 8.69. The fourth-order valence-corrected chi connectivity index (χ4v) is 5.46. The average Bonchev–Trinajstić information content (AvgIpc) is 3.00. The van der Waals surface area contributed by atoms with Crippen molar-refractivity contribution >= 4 is 58.0 Å². The Labute approximate surface area is 275 Å². The van der Waals surface area contributed by atoms with Crippen LogP contribution in [0.1, 0.15) is 43.5 Å². The fourth-order valence-electron chi connectivity index (χ4n) is 4.41. The van der Waals surface area contributed by atoms with Gasteiger partial charge in [0.2, 0.25) is 0 Å². The maximum absolute atomic E-state index is 12.8. The number of carbonyl (C=O) groups is 2. The summed E-state index contributed by atoms with van der Waals surface area (Å²) in [5.74, 6) is 0.692. The summed E-state index contributed by atoms with van der Waals surface area (Å²) in [6, 6.07) is 20.1. The second kappa shape index (κ2) is 16.1. The molecule has 1 heterocycles. The summed E-state index contributed by atoms with van der Waals surface area (Å²) in [4.78, 5) is 25.4. The van der Waals surface area contributed by atoms with E-state index in [0.717, 1.165) is 14.7 Å². The van der Waals surface area contributed by atoms with Crippen LogP contribution in [-0.2, 0) is 20.9 Å². The highest BCUT2D eigenvalue weighted by Crippen LogP contribution is 2.35. The summed E-state index contributed by atoms with van der Waals surface area (Å²) >= 11 is 7.52. The van der Waals surface area contributed by atoms with E-state index in [9.17, 15) is 9.59 Å². The largest absolute Gasteiger partial charge is 0.490 e. The van der Waals surface area contributed by atoms with E-state index >= 15 is 0 Å². The number of hydrazone groups is 1. The van der Waals surface area contributed by atoms with Gasteiger partial charge in [-0.05, 0) is 84.9 Å². The predicted octanol–water partition coefficient (Wildman–Crippen LogP) is 5.15. The fraction of sp³-hybridized carbons (Fsp3) is 0.250. The van der Waals surface area contributed by atoms with Gasteiger partial charge in [-0.1, -0.05) is 48.5 Å². The number of allylic oxidation sites excluding steroid dienone is 1. The lowest BCUT2D eigenvalue weighted by molar-refractivity contribution is -0.139. The number of rotatable bonds is 13. The lowest BCUT2D eigenvalue weighted by atomic mass is 9.95. The molecule has 0 fully saturated rings. The first kappa shape index (κ1) is 32.7. The van der Waals surface area contributed by atoms with E-state index in [1.165, 1.54) is 6.21 Å². The minimum absolute atomic E-state index is 0.226. The molecule has 12 heteroatoms. The summed E-state index contributed by atoms with van der Waals surface area (Å²) in [6.07, 6.45) is 1.52. The van der Waals surface area contributed by atoms with E-state index in [1.807, 2.05) is 55.5 Å². The van der Waals surface area contributed by atoms with Gasteiger partial charge in [0.15, 0.2) is 23.2 Å². The van der Waals surface area contributed by atoms with Gasteiger partial charge in [0.25, 0.3) is 5.91 Å². The number of nitrogens with one attached hydrogen (secondary N) is 3. The van der Waals surface area contributed by atoms with Gasteiger partial charge in [0.05, 0.1) is 34.6 Å². The van der Waals surface area contributed by atoms with Gasteiger partial charge in [0.1, 0.15) is 12.4 Å². The average molecular weight is 729 g/mol. The van der Waals surface area contributed by atoms with Crippen LogP contribution < -0.4 is 30.3 Å². The quantitative estimate of drug-likeness (QED) is 0.0722. The molecule has 1 amide bonds. The standard InChI is InChI=1S/C32H33IN4O6S/c1-4-40-26-16-22(15-24(33)30(26)43-18-21-11-7-6-8-12-21)17-34-37-27(38)19-42-25-14-10-9-13-23(25)29-28(31(39)41-5-2)20(3)35-32(44)36-29/h6-17,29H,4-5,18-19H2,1-3H3,(H,37,38)(H2,35,36,44)/t29-/m1/s1. The highest BCUT2D eigenvalue weighted by atomic mass is 127. The normalized spacial score (nSPS) is 14.5. The summed E-state index contributed by atoms with van der Waals surface area (Å²) < 4.78 is 23.9. The molecule has 0 bridgehead atoms. The van der Waals surface area contributed by atoms with E-state index in [2.05, 4.69) is 43.8 Å². The zero-order valence-electron chi connectivity index (χ0n) is 24.5. The molecule has 230 valence electrons. The Balaban J connectivity index is 1.41. The number of benzene rings is 3. The van der Waals surface area contributed by atoms with Crippen LogP contribution in [0.4, 0.5) is 0 Å². The maximum Gasteiger partial charge on any atom is 0.338 e. The Bertz CT molecular complexity index is 1560. The molecular weight excluding hydrogens is 695 g/mol. The van der Waals surface area contributed by atoms with E-state index in [4.69, 9.17) is 31.2 Å². The molecule has 0 spiro atoms. The van der Waals surface area contributed by atoms with Gasteiger partial charge in [0, 0.05) is 11.3 Å². The number of ether oxygens (including phenoxy) is 4. The molecule has 0 aromatic heterocycles. The van der Waals surface area contributed by atoms with Gasteiger partial charge in [-0.15, -0.1) is 0 Å². The third-order valence-corrected chi connectivity index (χ3v) is 7.34. The van der Waals surface area contributed by atoms with Crippen LogP contribution in [0.15, 0.2) is 83.1 Å². The summed E-state index contributed by atoms with van der Waals surface area (Å²) in [5.41, 5.74) is 5.84. The number of para-hydroxylation sites is 1. The Morgan fingerprint density at radius 1 is 1.00 bits per heavy atom. The molecule has 1 aliphatic heterocycles. The van der Waals surface area contributed by atoms with Gasteiger partial charge in [-0.2, -0.15) is 5.10 Å². The molecule has 0 saturated carbocycles. The minimum atomic E-state index is -0.623. The van der Waals surface area contributed by atoms with Crippen LogP contribution in [0.2, 0.25) is 0 Å². The summed E-state index contributed by atoms with van der Waals surface area (Å²) in [6.45, 7) is 6.18. The molecule has 0 aliphatic carbocycles. The van der Waals surface area contributed by atoms with Crippen molar-refractivity contribution in [3.8, 4) is 17.2 Å². The van der Waals surface area contributed by atoms with Crippen LogP contribution in [0.5, 0.6) is 17.2 Å². The molecule has 3 aromatic rings. The van der Waals surface area contributed by atoms with E-state index in [1.54, 1.807) is 32.0 Å². The van der Waals surface area contributed by atoms with Gasteiger partial charge in [-0.25, -0.2) is 10.2 Å². The molecule has 4 rings (SSSR count). The Morgan fingerprint density at radius 2 is 1.75 bits per heavy atom. The van der Waals surface area contributed by atoms with Crippen molar-refractivity contribution in [2.24, 2.45) is 5.10 Å². The number of hydrogen-bond acceptors (Lipinski definition) is 8. The monoisotopic (exact) mass is 728 g/mol. The first-order valence-electron chi connectivity index (χ1n) is 13.9. The summed E-state index contributed by atoms with van der Waals surface area (Å²) in [5, 5.41) is 10.5. The Kier molecular flexibility index (Phi) is 11.9. The predicted molar refractivity (Wildman–Crippen MR) is 180 cm³/mol. The van der Waals surface area contributed by atoms with Crippen LogP contribution in [-0.4, -0.2) is 43.0 Å². The smallest absolute Gasteiger partial charge is 0.338 e.